The molecule has 2 aliphatic rings. The largest absolute Gasteiger partial charge is 0.488 e. The van der Waals surface area contributed by atoms with Gasteiger partial charge in [0.25, 0.3) is 0 Å². The summed E-state index contributed by atoms with van der Waals surface area (Å²) in [5, 5.41) is 3.39. The van der Waals surface area contributed by atoms with E-state index in [0.717, 1.165) is 44.9 Å². The molecule has 4 heteroatoms. The first-order valence-corrected chi connectivity index (χ1v) is 7.67. The van der Waals surface area contributed by atoms with E-state index in [1.54, 1.807) is 0 Å². The Morgan fingerprint density at radius 3 is 2.50 bits per heavy atom. The molecule has 1 aromatic carbocycles. The van der Waals surface area contributed by atoms with E-state index >= 15 is 0 Å². The van der Waals surface area contributed by atoms with Crippen molar-refractivity contribution in [3.63, 3.8) is 0 Å². The molecule has 2 heterocycles. The van der Waals surface area contributed by atoms with E-state index in [9.17, 15) is 0 Å². The third-order valence-corrected chi connectivity index (χ3v) is 4.18. The van der Waals surface area contributed by atoms with Crippen LogP contribution in [0.5, 0.6) is 5.75 Å². The lowest BCUT2D eigenvalue weighted by molar-refractivity contribution is 0.0388. The Labute approximate surface area is 121 Å². The molecule has 0 aromatic heterocycles. The van der Waals surface area contributed by atoms with Crippen molar-refractivity contribution in [2.75, 3.05) is 52.9 Å². The van der Waals surface area contributed by atoms with Crippen molar-refractivity contribution >= 4 is 0 Å². The van der Waals surface area contributed by atoms with E-state index in [0.29, 0.717) is 6.10 Å². The number of hydrogen-bond acceptors (Lipinski definition) is 4. The van der Waals surface area contributed by atoms with E-state index < -0.39 is 0 Å². The third-order valence-electron chi connectivity index (χ3n) is 4.18. The zero-order chi connectivity index (χ0) is 13.8. The molecule has 2 saturated heterocycles. The Bertz CT molecular complexity index is 408. The van der Waals surface area contributed by atoms with E-state index in [1.165, 1.54) is 18.7 Å². The second-order valence-electron chi connectivity index (χ2n) is 5.95. The number of likely N-dealkylation sites (tertiary alicyclic amines) is 1. The summed E-state index contributed by atoms with van der Waals surface area (Å²) in [6.07, 6.45) is 1.51. The van der Waals surface area contributed by atoms with Gasteiger partial charge in [0.1, 0.15) is 11.9 Å². The Kier molecular flexibility index (Phi) is 4.55. The van der Waals surface area contributed by atoms with Crippen LogP contribution in [0.3, 0.4) is 0 Å². The Hall–Kier alpha value is -1.10. The fourth-order valence-corrected chi connectivity index (χ4v) is 2.87. The number of ether oxygens (including phenoxy) is 1. The van der Waals surface area contributed by atoms with Gasteiger partial charge >= 0.3 is 0 Å². The van der Waals surface area contributed by atoms with Crippen molar-refractivity contribution in [3.05, 3.63) is 29.8 Å². The van der Waals surface area contributed by atoms with Crippen LogP contribution in [-0.2, 0) is 6.42 Å². The third kappa shape index (κ3) is 3.72. The van der Waals surface area contributed by atoms with Gasteiger partial charge in [0, 0.05) is 45.8 Å². The average Bonchev–Trinajstić information content (AvgIpc) is 2.46. The summed E-state index contributed by atoms with van der Waals surface area (Å²) in [6.45, 7) is 7.86. The number of rotatable bonds is 5. The van der Waals surface area contributed by atoms with Crippen LogP contribution in [0.15, 0.2) is 24.3 Å². The van der Waals surface area contributed by atoms with Crippen molar-refractivity contribution in [2.45, 2.75) is 12.5 Å². The van der Waals surface area contributed by atoms with Crippen LogP contribution in [0.25, 0.3) is 0 Å². The van der Waals surface area contributed by atoms with Gasteiger partial charge in [-0.3, -0.25) is 4.90 Å². The average molecular weight is 275 g/mol. The Balaban J connectivity index is 1.43. The van der Waals surface area contributed by atoms with E-state index in [-0.39, 0.29) is 0 Å². The van der Waals surface area contributed by atoms with Crippen molar-refractivity contribution < 1.29 is 4.74 Å². The summed E-state index contributed by atoms with van der Waals surface area (Å²) >= 11 is 0. The molecule has 1 N–H and O–H groups in total. The fourth-order valence-electron chi connectivity index (χ4n) is 2.87. The molecular weight excluding hydrogens is 250 g/mol. The second-order valence-corrected chi connectivity index (χ2v) is 5.95. The lowest BCUT2D eigenvalue weighted by atomic mass is 10.1. The maximum atomic E-state index is 5.91. The Morgan fingerprint density at radius 1 is 1.15 bits per heavy atom. The molecule has 0 spiro atoms. The monoisotopic (exact) mass is 275 g/mol. The van der Waals surface area contributed by atoms with Gasteiger partial charge in [0.15, 0.2) is 0 Å². The molecule has 0 saturated carbocycles. The van der Waals surface area contributed by atoms with Gasteiger partial charge in [-0.1, -0.05) is 12.1 Å². The highest BCUT2D eigenvalue weighted by molar-refractivity contribution is 5.28. The second kappa shape index (κ2) is 6.57. The number of piperazine rings is 1. The molecule has 3 rings (SSSR count). The van der Waals surface area contributed by atoms with E-state index in [4.69, 9.17) is 4.74 Å². The Morgan fingerprint density at radius 2 is 1.85 bits per heavy atom. The highest BCUT2D eigenvalue weighted by Gasteiger charge is 2.24. The zero-order valence-corrected chi connectivity index (χ0v) is 12.3. The summed E-state index contributed by atoms with van der Waals surface area (Å²) in [5.41, 5.74) is 1.40. The summed E-state index contributed by atoms with van der Waals surface area (Å²) in [4.78, 5) is 4.80. The van der Waals surface area contributed by atoms with Crippen LogP contribution in [-0.4, -0.2) is 68.8 Å². The van der Waals surface area contributed by atoms with Crippen LogP contribution in [0.4, 0.5) is 0 Å². The molecule has 2 fully saturated rings. The number of nitrogens with one attached hydrogen (secondary N) is 1. The van der Waals surface area contributed by atoms with Gasteiger partial charge in [-0.25, -0.2) is 0 Å². The first kappa shape index (κ1) is 13.9. The van der Waals surface area contributed by atoms with Gasteiger partial charge in [0.2, 0.25) is 0 Å². The molecule has 0 unspecified atom stereocenters. The summed E-state index contributed by atoms with van der Waals surface area (Å²) in [6, 6.07) is 8.65. The van der Waals surface area contributed by atoms with Crippen molar-refractivity contribution in [3.8, 4) is 5.75 Å². The van der Waals surface area contributed by atoms with Crippen molar-refractivity contribution in [1.29, 1.82) is 0 Å². The van der Waals surface area contributed by atoms with Crippen molar-refractivity contribution in [1.82, 2.24) is 15.1 Å². The smallest absolute Gasteiger partial charge is 0.124 e. The lowest BCUT2D eigenvalue weighted by Gasteiger charge is -2.36. The molecular formula is C16H25N3O. The summed E-state index contributed by atoms with van der Waals surface area (Å²) < 4.78 is 5.91. The summed E-state index contributed by atoms with van der Waals surface area (Å²) in [5.74, 6) is 1.01. The highest BCUT2D eigenvalue weighted by Crippen LogP contribution is 2.18. The SMILES string of the molecule is CN1CC(Oc2ccc(CCN3CCNCC3)cc2)C1. The van der Waals surface area contributed by atoms with Gasteiger partial charge in [0.05, 0.1) is 0 Å². The molecule has 0 amide bonds. The molecule has 0 atom stereocenters. The molecule has 1 aromatic rings. The van der Waals surface area contributed by atoms with Crippen LogP contribution in [0.2, 0.25) is 0 Å². The number of benzene rings is 1. The maximum absolute atomic E-state index is 5.91. The quantitative estimate of drug-likeness (QED) is 0.861. The van der Waals surface area contributed by atoms with Gasteiger partial charge in [-0.05, 0) is 31.2 Å². The van der Waals surface area contributed by atoms with Crippen molar-refractivity contribution in [2.24, 2.45) is 0 Å². The number of hydrogen-bond donors (Lipinski definition) is 1. The minimum absolute atomic E-state index is 0.381. The predicted molar refractivity (Wildman–Crippen MR) is 81.4 cm³/mol. The lowest BCUT2D eigenvalue weighted by Crippen LogP contribution is -2.51. The molecule has 0 radical (unpaired) electrons. The molecule has 2 aliphatic heterocycles. The summed E-state index contributed by atoms with van der Waals surface area (Å²) in [7, 11) is 2.12. The van der Waals surface area contributed by atoms with Crippen LogP contribution in [0.1, 0.15) is 5.56 Å². The molecule has 0 bridgehead atoms. The standard InChI is InChI=1S/C16H25N3O/c1-18-12-16(13-18)20-15-4-2-14(3-5-15)6-9-19-10-7-17-8-11-19/h2-5,16-17H,6-13H2,1H3. The van der Waals surface area contributed by atoms with Gasteiger partial charge < -0.3 is 15.0 Å². The first-order valence-electron chi connectivity index (χ1n) is 7.67. The highest BCUT2D eigenvalue weighted by atomic mass is 16.5. The molecule has 0 aliphatic carbocycles. The maximum Gasteiger partial charge on any atom is 0.124 e. The molecule has 20 heavy (non-hydrogen) atoms. The number of likely N-dealkylation sites (N-methyl/N-ethyl adjacent to an activating group) is 1. The first-order chi connectivity index (χ1) is 9.79. The normalized spacial score (nSPS) is 21.6. The topological polar surface area (TPSA) is 27.7 Å². The van der Waals surface area contributed by atoms with Crippen LogP contribution < -0.4 is 10.1 Å². The minimum atomic E-state index is 0.381. The number of nitrogens with zero attached hydrogens (tertiary/aromatic N) is 2. The van der Waals surface area contributed by atoms with E-state index in [2.05, 4.69) is 46.4 Å². The minimum Gasteiger partial charge on any atom is -0.488 e. The molecule has 4 nitrogen and oxygen atoms in total. The van der Waals surface area contributed by atoms with Gasteiger partial charge in [-0.2, -0.15) is 0 Å². The fraction of sp³-hybridized carbons (Fsp3) is 0.625. The molecule has 110 valence electrons. The van der Waals surface area contributed by atoms with Crippen LogP contribution in [0, 0.1) is 0 Å². The van der Waals surface area contributed by atoms with Gasteiger partial charge in [-0.15, -0.1) is 0 Å². The van der Waals surface area contributed by atoms with E-state index in [1.807, 2.05) is 0 Å². The zero-order valence-electron chi connectivity index (χ0n) is 12.3. The van der Waals surface area contributed by atoms with Crippen LogP contribution >= 0.6 is 0 Å². The predicted octanol–water partition coefficient (Wildman–Crippen LogP) is 0.827.